The summed E-state index contributed by atoms with van der Waals surface area (Å²) in [6, 6.07) is 11.8. The minimum Gasteiger partial charge on any atom is -0.492 e. The number of nitrogens with one attached hydrogen (secondary N) is 1. The molecule has 0 bridgehead atoms. The molecule has 0 amide bonds. The lowest BCUT2D eigenvalue weighted by Gasteiger charge is -2.19. The highest BCUT2D eigenvalue weighted by Crippen LogP contribution is 2.38. The average molecular weight is 370 g/mol. The highest BCUT2D eigenvalue weighted by Gasteiger charge is 2.22. The monoisotopic (exact) mass is 369 g/mol. The van der Waals surface area contributed by atoms with Crippen LogP contribution in [-0.2, 0) is 0 Å². The average Bonchev–Trinajstić information content (AvgIpc) is 2.84. The van der Waals surface area contributed by atoms with Gasteiger partial charge >= 0.3 is 0 Å². The van der Waals surface area contributed by atoms with E-state index in [9.17, 15) is 0 Å². The smallest absolute Gasteiger partial charge is 0.176 e. The summed E-state index contributed by atoms with van der Waals surface area (Å²) in [5.41, 5.74) is 3.04. The molecule has 6 nitrogen and oxygen atoms in total. The molecule has 0 aliphatic carbocycles. The van der Waals surface area contributed by atoms with E-state index in [1.54, 1.807) is 4.68 Å². The summed E-state index contributed by atoms with van der Waals surface area (Å²) < 4.78 is 7.61. The maximum absolute atomic E-state index is 6.30. The lowest BCUT2D eigenvalue weighted by Crippen LogP contribution is -2.12. The van der Waals surface area contributed by atoms with E-state index in [0.29, 0.717) is 23.3 Å². The Morgan fingerprint density at radius 3 is 2.81 bits per heavy atom. The van der Waals surface area contributed by atoms with Crippen LogP contribution in [0, 0.1) is 13.8 Å². The van der Waals surface area contributed by atoms with Crippen molar-refractivity contribution in [2.24, 2.45) is 0 Å². The maximum atomic E-state index is 6.30. The van der Waals surface area contributed by atoms with Crippen molar-refractivity contribution in [2.75, 3.05) is 11.9 Å². The van der Waals surface area contributed by atoms with Gasteiger partial charge in [-0.2, -0.15) is 5.10 Å². The van der Waals surface area contributed by atoms with Crippen LogP contribution in [0.5, 0.6) is 5.75 Å². The van der Waals surface area contributed by atoms with E-state index >= 15 is 0 Å². The van der Waals surface area contributed by atoms with Crippen LogP contribution < -0.4 is 10.1 Å². The predicted molar refractivity (Wildman–Crippen MR) is 101 cm³/mol. The van der Waals surface area contributed by atoms with Crippen molar-refractivity contribution >= 4 is 17.4 Å². The van der Waals surface area contributed by atoms with Crippen molar-refractivity contribution in [1.29, 1.82) is 0 Å². The number of hydrogen-bond donors (Lipinski definition) is 1. The van der Waals surface area contributed by atoms with Gasteiger partial charge in [-0.15, -0.1) is 10.2 Å². The van der Waals surface area contributed by atoms with Crippen LogP contribution in [0.1, 0.15) is 35.8 Å². The number of anilines is 1. The molecule has 3 heterocycles. The second-order valence-corrected chi connectivity index (χ2v) is 6.87. The molecule has 0 radical (unpaired) electrons. The normalized spacial score (nSPS) is 16.5. The van der Waals surface area contributed by atoms with Gasteiger partial charge in [0.05, 0.1) is 23.4 Å². The van der Waals surface area contributed by atoms with Crippen LogP contribution >= 0.6 is 11.6 Å². The first-order valence-electron chi connectivity index (χ1n) is 8.67. The highest BCUT2D eigenvalue weighted by molar-refractivity contribution is 6.32. The summed E-state index contributed by atoms with van der Waals surface area (Å²) in [6.07, 6.45) is 1.88. The number of fused-ring (bicyclic) bond motifs is 1. The van der Waals surface area contributed by atoms with Crippen LogP contribution in [-0.4, -0.2) is 26.6 Å². The molecule has 1 aliphatic heterocycles. The molecule has 2 aromatic heterocycles. The largest absolute Gasteiger partial charge is 0.492 e. The van der Waals surface area contributed by atoms with Crippen LogP contribution in [0.3, 0.4) is 0 Å². The second kappa shape index (κ2) is 6.96. The van der Waals surface area contributed by atoms with Crippen molar-refractivity contribution < 1.29 is 4.74 Å². The number of halogens is 1. The number of aromatic nitrogens is 4. The predicted octanol–water partition coefficient (Wildman–Crippen LogP) is 4.26. The Bertz CT molecular complexity index is 922. The molecule has 7 heteroatoms. The summed E-state index contributed by atoms with van der Waals surface area (Å²) in [5, 5.41) is 17.2. The van der Waals surface area contributed by atoms with Gasteiger partial charge in [0, 0.05) is 11.3 Å². The summed E-state index contributed by atoms with van der Waals surface area (Å²) in [4.78, 5) is 0. The number of rotatable bonds is 3. The first kappa shape index (κ1) is 16.8. The zero-order valence-electron chi connectivity index (χ0n) is 14.7. The van der Waals surface area contributed by atoms with Crippen molar-refractivity contribution in [3.63, 3.8) is 0 Å². The molecule has 1 aliphatic rings. The number of benzene rings is 1. The Morgan fingerprint density at radius 1 is 1.19 bits per heavy atom. The Kier molecular flexibility index (Phi) is 4.51. The Balaban J connectivity index is 1.58. The van der Waals surface area contributed by atoms with Crippen LogP contribution in [0.25, 0.3) is 5.82 Å². The topological polar surface area (TPSA) is 64.9 Å². The summed E-state index contributed by atoms with van der Waals surface area (Å²) in [6.45, 7) is 4.63. The van der Waals surface area contributed by atoms with Gasteiger partial charge in [0.15, 0.2) is 5.82 Å². The summed E-state index contributed by atoms with van der Waals surface area (Å²) in [5.74, 6) is 2.18. The molecule has 0 saturated carbocycles. The van der Waals surface area contributed by atoms with E-state index in [-0.39, 0.29) is 6.04 Å². The quantitative estimate of drug-likeness (QED) is 0.747. The minimum absolute atomic E-state index is 0.0834. The maximum Gasteiger partial charge on any atom is 0.176 e. The van der Waals surface area contributed by atoms with E-state index in [4.69, 9.17) is 16.3 Å². The first-order chi connectivity index (χ1) is 12.6. The SMILES string of the molecule is Cc1cc(C)n(-c2ccc(NC3CCCOc4c(Cl)cccc43)nn2)n1. The van der Waals surface area contributed by atoms with E-state index < -0.39 is 0 Å². The fourth-order valence-electron chi connectivity index (χ4n) is 3.27. The lowest BCUT2D eigenvalue weighted by molar-refractivity contribution is 0.316. The van der Waals surface area contributed by atoms with Gasteiger partial charge in [-0.1, -0.05) is 23.7 Å². The van der Waals surface area contributed by atoms with Gasteiger partial charge in [-0.25, -0.2) is 4.68 Å². The lowest BCUT2D eigenvalue weighted by atomic mass is 10.0. The molecule has 3 aromatic rings. The van der Waals surface area contributed by atoms with E-state index in [0.717, 1.165) is 35.5 Å². The van der Waals surface area contributed by atoms with Crippen molar-refractivity contribution in [1.82, 2.24) is 20.0 Å². The number of ether oxygens (including phenoxy) is 1. The van der Waals surface area contributed by atoms with Crippen LogP contribution in [0.2, 0.25) is 5.02 Å². The third-order valence-corrected chi connectivity index (χ3v) is 4.75. The second-order valence-electron chi connectivity index (χ2n) is 6.46. The summed E-state index contributed by atoms with van der Waals surface area (Å²) >= 11 is 6.30. The molecule has 1 N–H and O–H groups in total. The van der Waals surface area contributed by atoms with Crippen LogP contribution in [0.15, 0.2) is 36.4 Å². The molecule has 134 valence electrons. The van der Waals surface area contributed by atoms with Gasteiger partial charge in [-0.05, 0) is 51.0 Å². The Morgan fingerprint density at radius 2 is 2.08 bits per heavy atom. The van der Waals surface area contributed by atoms with E-state index in [1.165, 1.54) is 0 Å². The Labute approximate surface area is 157 Å². The van der Waals surface area contributed by atoms with Crippen molar-refractivity contribution in [3.8, 4) is 11.6 Å². The fourth-order valence-corrected chi connectivity index (χ4v) is 3.51. The Hall–Kier alpha value is -2.60. The molecule has 1 unspecified atom stereocenters. The number of aryl methyl sites for hydroxylation is 2. The third-order valence-electron chi connectivity index (χ3n) is 4.46. The molecular weight excluding hydrogens is 350 g/mol. The minimum atomic E-state index is 0.0834. The van der Waals surface area contributed by atoms with Gasteiger partial charge in [0.1, 0.15) is 11.6 Å². The van der Waals surface area contributed by atoms with Gasteiger partial charge in [0.25, 0.3) is 0 Å². The molecule has 4 rings (SSSR count). The van der Waals surface area contributed by atoms with Gasteiger partial charge in [0.2, 0.25) is 0 Å². The molecule has 1 aromatic carbocycles. The molecular formula is C19H20ClN5O. The molecule has 0 fully saturated rings. The fraction of sp³-hybridized carbons (Fsp3) is 0.316. The van der Waals surface area contributed by atoms with Crippen molar-refractivity contribution in [3.05, 3.63) is 58.4 Å². The highest BCUT2D eigenvalue weighted by atomic mass is 35.5. The van der Waals surface area contributed by atoms with E-state index in [2.05, 4.69) is 20.6 Å². The van der Waals surface area contributed by atoms with E-state index in [1.807, 2.05) is 50.2 Å². The van der Waals surface area contributed by atoms with Crippen LogP contribution in [0.4, 0.5) is 5.82 Å². The van der Waals surface area contributed by atoms with Gasteiger partial charge < -0.3 is 10.1 Å². The van der Waals surface area contributed by atoms with Gasteiger partial charge in [-0.3, -0.25) is 0 Å². The molecule has 26 heavy (non-hydrogen) atoms. The molecule has 0 spiro atoms. The summed E-state index contributed by atoms with van der Waals surface area (Å²) in [7, 11) is 0. The third kappa shape index (κ3) is 3.24. The number of hydrogen-bond acceptors (Lipinski definition) is 5. The standard InChI is InChI=1S/C19H20ClN5O/c1-12-11-13(2)25(24-12)18-9-8-17(22-23-18)21-16-7-4-10-26-19-14(16)5-3-6-15(19)20/h3,5-6,8-9,11,16H,4,7,10H2,1-2H3,(H,21,22). The molecule has 0 saturated heterocycles. The molecule has 1 atom stereocenters. The van der Waals surface area contributed by atoms with Crippen molar-refractivity contribution in [2.45, 2.75) is 32.7 Å². The zero-order chi connectivity index (χ0) is 18.1. The number of para-hydroxylation sites is 1. The first-order valence-corrected chi connectivity index (χ1v) is 9.05. The zero-order valence-corrected chi connectivity index (χ0v) is 15.5. The number of nitrogens with zero attached hydrogens (tertiary/aromatic N) is 4.